The highest BCUT2D eigenvalue weighted by Crippen LogP contribution is 2.40. The summed E-state index contributed by atoms with van der Waals surface area (Å²) in [5.41, 5.74) is 1.31. The van der Waals surface area contributed by atoms with Crippen LogP contribution in [0, 0.1) is 11.8 Å². The van der Waals surface area contributed by atoms with Gasteiger partial charge in [0.2, 0.25) is 11.8 Å². The lowest BCUT2D eigenvalue weighted by molar-refractivity contribution is -0.136. The molecule has 142 valence electrons. The molecule has 2 fully saturated rings. The molecule has 1 aliphatic heterocycles. The van der Waals surface area contributed by atoms with Crippen LogP contribution in [-0.2, 0) is 20.9 Å². The zero-order chi connectivity index (χ0) is 18.4. The average molecular weight is 359 g/mol. The van der Waals surface area contributed by atoms with Gasteiger partial charge < -0.3 is 15.0 Å². The third-order valence-corrected chi connectivity index (χ3v) is 5.20. The fourth-order valence-electron chi connectivity index (χ4n) is 3.52. The van der Waals surface area contributed by atoms with Crippen molar-refractivity contribution in [2.75, 3.05) is 46.4 Å². The van der Waals surface area contributed by atoms with Crippen LogP contribution in [0.3, 0.4) is 0 Å². The summed E-state index contributed by atoms with van der Waals surface area (Å²) < 4.78 is 4.97. The largest absolute Gasteiger partial charge is 0.385 e. The average Bonchev–Trinajstić information content (AvgIpc) is 3.47. The molecule has 0 radical (unpaired) electrons. The second-order valence-corrected chi connectivity index (χ2v) is 7.17. The molecule has 1 N–H and O–H groups in total. The number of amides is 2. The Kier molecular flexibility index (Phi) is 6.63. The topological polar surface area (TPSA) is 61.9 Å². The minimum Gasteiger partial charge on any atom is -0.385 e. The predicted molar refractivity (Wildman–Crippen MR) is 99.4 cm³/mol. The van der Waals surface area contributed by atoms with E-state index < -0.39 is 0 Å². The summed E-state index contributed by atoms with van der Waals surface area (Å²) >= 11 is 0. The molecule has 6 heteroatoms. The summed E-state index contributed by atoms with van der Waals surface area (Å²) in [7, 11) is 1.65. The quantitative estimate of drug-likeness (QED) is 0.707. The summed E-state index contributed by atoms with van der Waals surface area (Å²) in [5, 5.41) is 2.90. The van der Waals surface area contributed by atoms with Crippen molar-refractivity contribution >= 4 is 11.8 Å². The van der Waals surface area contributed by atoms with Gasteiger partial charge in [-0.25, -0.2) is 0 Å². The molecule has 1 heterocycles. The molecule has 0 spiro atoms. The van der Waals surface area contributed by atoms with E-state index >= 15 is 0 Å². The first kappa shape index (κ1) is 18.9. The van der Waals surface area contributed by atoms with Gasteiger partial charge in [0, 0.05) is 53.0 Å². The lowest BCUT2D eigenvalue weighted by Gasteiger charge is -2.35. The van der Waals surface area contributed by atoms with E-state index in [1.54, 1.807) is 7.11 Å². The molecule has 2 atom stereocenters. The van der Waals surface area contributed by atoms with E-state index in [1.165, 1.54) is 5.56 Å². The summed E-state index contributed by atoms with van der Waals surface area (Å²) in [6.45, 7) is 5.47. The van der Waals surface area contributed by atoms with Crippen molar-refractivity contribution in [1.29, 1.82) is 0 Å². The van der Waals surface area contributed by atoms with Gasteiger partial charge in [0.05, 0.1) is 11.8 Å². The molecule has 1 aromatic rings. The first-order chi connectivity index (χ1) is 12.7. The highest BCUT2D eigenvalue weighted by molar-refractivity contribution is 5.92. The minimum absolute atomic E-state index is 0.0159. The summed E-state index contributed by atoms with van der Waals surface area (Å²) in [5.74, 6) is -0.0749. The van der Waals surface area contributed by atoms with Crippen molar-refractivity contribution in [3.63, 3.8) is 0 Å². The van der Waals surface area contributed by atoms with E-state index in [4.69, 9.17) is 4.74 Å². The smallest absolute Gasteiger partial charge is 0.226 e. The zero-order valence-electron chi connectivity index (χ0n) is 15.5. The van der Waals surface area contributed by atoms with Crippen molar-refractivity contribution in [2.24, 2.45) is 11.8 Å². The molecule has 0 bridgehead atoms. The second-order valence-electron chi connectivity index (χ2n) is 7.17. The fourth-order valence-corrected chi connectivity index (χ4v) is 3.52. The highest BCUT2D eigenvalue weighted by Gasteiger charge is 2.49. The fraction of sp³-hybridized carbons (Fsp3) is 0.600. The third-order valence-electron chi connectivity index (χ3n) is 5.20. The Bertz CT molecular complexity index is 600. The molecule has 6 nitrogen and oxygen atoms in total. The molecule has 0 aromatic heterocycles. The number of benzene rings is 1. The molecular weight excluding hydrogens is 330 g/mol. The van der Waals surface area contributed by atoms with Gasteiger partial charge in [0.25, 0.3) is 0 Å². The molecule has 1 aliphatic carbocycles. The summed E-state index contributed by atoms with van der Waals surface area (Å²) in [6.07, 6.45) is 1.50. The molecule has 2 unspecified atom stereocenters. The zero-order valence-corrected chi connectivity index (χ0v) is 15.5. The number of carbonyl (C=O) groups excluding carboxylic acids is 2. The number of carbonyl (C=O) groups is 2. The predicted octanol–water partition coefficient (Wildman–Crippen LogP) is 1.12. The number of ether oxygens (including phenoxy) is 1. The molecule has 1 saturated carbocycles. The Hall–Kier alpha value is -1.92. The minimum atomic E-state index is -0.132. The van der Waals surface area contributed by atoms with Crippen LogP contribution >= 0.6 is 0 Å². The van der Waals surface area contributed by atoms with Crippen LogP contribution in [0.4, 0.5) is 0 Å². The molecular formula is C20H29N3O3. The number of hydrogen-bond donors (Lipinski definition) is 1. The van der Waals surface area contributed by atoms with Crippen molar-refractivity contribution in [1.82, 2.24) is 15.1 Å². The van der Waals surface area contributed by atoms with Crippen molar-refractivity contribution in [2.45, 2.75) is 19.4 Å². The second kappa shape index (κ2) is 9.14. The molecule has 1 aromatic carbocycles. The summed E-state index contributed by atoms with van der Waals surface area (Å²) in [4.78, 5) is 29.0. The van der Waals surface area contributed by atoms with Gasteiger partial charge >= 0.3 is 0 Å². The third kappa shape index (κ3) is 5.05. The van der Waals surface area contributed by atoms with Crippen LogP contribution in [0.5, 0.6) is 0 Å². The standard InChI is InChI=1S/C20H29N3O3/c1-26-13-5-8-21-19(24)17-14-18(17)20(25)23-11-9-22(10-12-23)15-16-6-3-2-4-7-16/h2-4,6-7,17-18H,5,8-15H2,1H3,(H,21,24). The molecule has 2 aliphatic rings. The van der Waals surface area contributed by atoms with Crippen molar-refractivity contribution in [3.8, 4) is 0 Å². The van der Waals surface area contributed by atoms with Crippen LogP contribution in [0.25, 0.3) is 0 Å². The van der Waals surface area contributed by atoms with E-state index in [-0.39, 0.29) is 23.7 Å². The van der Waals surface area contributed by atoms with Crippen LogP contribution in [0.15, 0.2) is 30.3 Å². The van der Waals surface area contributed by atoms with E-state index in [0.29, 0.717) is 19.6 Å². The van der Waals surface area contributed by atoms with E-state index in [9.17, 15) is 9.59 Å². The lowest BCUT2D eigenvalue weighted by Crippen LogP contribution is -2.49. The Balaban J connectivity index is 1.37. The van der Waals surface area contributed by atoms with E-state index in [2.05, 4.69) is 34.5 Å². The Morgan fingerprint density at radius 2 is 1.85 bits per heavy atom. The Morgan fingerprint density at radius 3 is 2.54 bits per heavy atom. The monoisotopic (exact) mass is 359 g/mol. The maximum absolute atomic E-state index is 12.6. The Labute approximate surface area is 155 Å². The number of hydrogen-bond acceptors (Lipinski definition) is 4. The highest BCUT2D eigenvalue weighted by atomic mass is 16.5. The van der Waals surface area contributed by atoms with Gasteiger partial charge in [-0.1, -0.05) is 30.3 Å². The maximum Gasteiger partial charge on any atom is 0.226 e. The lowest BCUT2D eigenvalue weighted by atomic mass is 10.2. The maximum atomic E-state index is 12.6. The first-order valence-electron chi connectivity index (χ1n) is 9.50. The van der Waals surface area contributed by atoms with Crippen LogP contribution in [-0.4, -0.2) is 68.1 Å². The van der Waals surface area contributed by atoms with Crippen molar-refractivity contribution < 1.29 is 14.3 Å². The number of nitrogens with zero attached hydrogens (tertiary/aromatic N) is 2. The van der Waals surface area contributed by atoms with Gasteiger partial charge in [0.1, 0.15) is 0 Å². The van der Waals surface area contributed by atoms with Gasteiger partial charge in [0.15, 0.2) is 0 Å². The first-order valence-corrected chi connectivity index (χ1v) is 9.50. The van der Waals surface area contributed by atoms with Crippen molar-refractivity contribution in [3.05, 3.63) is 35.9 Å². The van der Waals surface area contributed by atoms with E-state index in [1.807, 2.05) is 11.0 Å². The van der Waals surface area contributed by atoms with Gasteiger partial charge in [-0.3, -0.25) is 14.5 Å². The number of piperazine rings is 1. The number of nitrogens with one attached hydrogen (secondary N) is 1. The van der Waals surface area contributed by atoms with Gasteiger partial charge in [-0.15, -0.1) is 0 Å². The number of methoxy groups -OCH3 is 1. The Morgan fingerprint density at radius 1 is 1.12 bits per heavy atom. The van der Waals surface area contributed by atoms with Crippen LogP contribution in [0.1, 0.15) is 18.4 Å². The van der Waals surface area contributed by atoms with Gasteiger partial charge in [-0.2, -0.15) is 0 Å². The molecule has 3 rings (SSSR count). The number of rotatable bonds is 8. The SMILES string of the molecule is COCCCNC(=O)C1CC1C(=O)N1CCN(Cc2ccccc2)CC1. The molecule has 2 amide bonds. The molecule has 26 heavy (non-hydrogen) atoms. The summed E-state index contributed by atoms with van der Waals surface area (Å²) in [6, 6.07) is 10.4. The van der Waals surface area contributed by atoms with Crippen LogP contribution in [0.2, 0.25) is 0 Å². The molecule has 1 saturated heterocycles. The van der Waals surface area contributed by atoms with E-state index in [0.717, 1.165) is 39.1 Å². The normalized spacial score (nSPS) is 22.9. The van der Waals surface area contributed by atoms with Crippen LogP contribution < -0.4 is 5.32 Å². The van der Waals surface area contributed by atoms with Gasteiger partial charge in [-0.05, 0) is 18.4 Å².